The number of hydrogen-bond acceptors (Lipinski definition) is 6. The summed E-state index contributed by atoms with van der Waals surface area (Å²) in [5, 5.41) is 9.68. The maximum atomic E-state index is 12.4. The zero-order valence-electron chi connectivity index (χ0n) is 13.1. The Hall–Kier alpha value is -1.96. The summed E-state index contributed by atoms with van der Waals surface area (Å²) in [6.45, 7) is 6.77. The fourth-order valence-electron chi connectivity index (χ4n) is 1.97. The number of aromatic nitrogens is 3. The molecule has 8 heteroatoms. The van der Waals surface area contributed by atoms with E-state index in [4.69, 9.17) is 4.52 Å². The van der Waals surface area contributed by atoms with Crippen molar-refractivity contribution in [1.29, 1.82) is 0 Å². The second kappa shape index (κ2) is 7.88. The van der Waals surface area contributed by atoms with Crippen LogP contribution < -0.4 is 5.32 Å². The number of urea groups is 1. The molecule has 2 rings (SSSR count). The van der Waals surface area contributed by atoms with Gasteiger partial charge in [0, 0.05) is 24.5 Å². The molecule has 0 aliphatic rings. The van der Waals surface area contributed by atoms with E-state index >= 15 is 0 Å². The molecule has 0 bridgehead atoms. The molecule has 1 N–H and O–H groups in total. The molecule has 2 aromatic heterocycles. The van der Waals surface area contributed by atoms with E-state index < -0.39 is 0 Å². The van der Waals surface area contributed by atoms with Crippen molar-refractivity contribution in [3.05, 3.63) is 28.3 Å². The molecular formula is C14H21N5O2S. The Morgan fingerprint density at radius 1 is 1.45 bits per heavy atom. The van der Waals surface area contributed by atoms with Gasteiger partial charge in [0.1, 0.15) is 11.6 Å². The van der Waals surface area contributed by atoms with Crippen LogP contribution in [0.1, 0.15) is 50.0 Å². The number of rotatable bonds is 7. The molecular weight excluding hydrogens is 302 g/mol. The molecule has 2 amide bonds. The van der Waals surface area contributed by atoms with Crippen molar-refractivity contribution in [2.24, 2.45) is 0 Å². The van der Waals surface area contributed by atoms with Gasteiger partial charge in [0.15, 0.2) is 5.82 Å². The third-order valence-electron chi connectivity index (χ3n) is 3.28. The fourth-order valence-corrected chi connectivity index (χ4v) is 2.75. The van der Waals surface area contributed by atoms with E-state index in [1.165, 1.54) is 0 Å². The van der Waals surface area contributed by atoms with Crippen LogP contribution >= 0.6 is 11.3 Å². The minimum absolute atomic E-state index is 0.0737. The molecule has 0 aliphatic heterocycles. The molecule has 0 spiro atoms. The summed E-state index contributed by atoms with van der Waals surface area (Å²) >= 11 is 1.54. The maximum Gasteiger partial charge on any atom is 0.318 e. The molecule has 120 valence electrons. The van der Waals surface area contributed by atoms with Crippen molar-refractivity contribution in [1.82, 2.24) is 25.3 Å². The first-order chi connectivity index (χ1) is 10.7. The lowest BCUT2D eigenvalue weighted by atomic mass is 10.2. The van der Waals surface area contributed by atoms with Gasteiger partial charge in [0.05, 0.1) is 6.04 Å². The van der Waals surface area contributed by atoms with Gasteiger partial charge in [-0.3, -0.25) is 0 Å². The monoisotopic (exact) mass is 323 g/mol. The number of hydrogen-bond donors (Lipinski definition) is 1. The molecule has 0 aromatic carbocycles. The van der Waals surface area contributed by atoms with Crippen LogP contribution in [-0.2, 0) is 13.0 Å². The first kappa shape index (κ1) is 16.4. The minimum Gasteiger partial charge on any atom is -0.337 e. The van der Waals surface area contributed by atoms with E-state index in [2.05, 4.69) is 20.4 Å². The van der Waals surface area contributed by atoms with Crippen LogP contribution in [0.15, 0.2) is 16.1 Å². The lowest BCUT2D eigenvalue weighted by molar-refractivity contribution is 0.185. The zero-order chi connectivity index (χ0) is 15.9. The maximum absolute atomic E-state index is 12.4. The van der Waals surface area contributed by atoms with E-state index in [0.717, 1.165) is 11.4 Å². The van der Waals surface area contributed by atoms with Gasteiger partial charge in [-0.05, 0) is 13.3 Å². The first-order valence-corrected chi connectivity index (χ1v) is 8.32. The highest BCUT2D eigenvalue weighted by atomic mass is 32.1. The Balaban J connectivity index is 1.98. The van der Waals surface area contributed by atoms with Crippen molar-refractivity contribution in [3.63, 3.8) is 0 Å². The second-order valence-electron chi connectivity index (χ2n) is 4.75. The predicted molar refractivity (Wildman–Crippen MR) is 83.4 cm³/mol. The van der Waals surface area contributed by atoms with E-state index in [9.17, 15) is 4.79 Å². The summed E-state index contributed by atoms with van der Waals surface area (Å²) in [6, 6.07) is -0.226. The topological polar surface area (TPSA) is 84.2 Å². The molecule has 1 atom stereocenters. The highest BCUT2D eigenvalue weighted by Crippen LogP contribution is 2.19. The SMILES string of the molecule is CCc1noc(CN(CC)C(=O)N[C@H](CC)c2nccs2)n1. The number of nitrogens with one attached hydrogen (secondary N) is 1. The van der Waals surface area contributed by atoms with Crippen molar-refractivity contribution in [3.8, 4) is 0 Å². The van der Waals surface area contributed by atoms with E-state index in [-0.39, 0.29) is 12.1 Å². The van der Waals surface area contributed by atoms with Crippen LogP contribution in [0, 0.1) is 0 Å². The third kappa shape index (κ3) is 4.03. The minimum atomic E-state index is -0.152. The van der Waals surface area contributed by atoms with Crippen molar-refractivity contribution in [2.45, 2.75) is 46.2 Å². The summed E-state index contributed by atoms with van der Waals surface area (Å²) in [5.41, 5.74) is 0. The summed E-state index contributed by atoms with van der Waals surface area (Å²) in [4.78, 5) is 22.6. The number of nitrogens with zero attached hydrogens (tertiary/aromatic N) is 4. The van der Waals surface area contributed by atoms with Gasteiger partial charge in [0.2, 0.25) is 5.89 Å². The average molecular weight is 323 g/mol. The van der Waals surface area contributed by atoms with Gasteiger partial charge in [-0.1, -0.05) is 19.0 Å². The Kier molecular flexibility index (Phi) is 5.88. The van der Waals surface area contributed by atoms with E-state index in [1.54, 1.807) is 22.4 Å². The summed E-state index contributed by atoms with van der Waals surface area (Å²) < 4.78 is 5.15. The van der Waals surface area contributed by atoms with Crippen LogP contribution in [0.4, 0.5) is 4.79 Å². The van der Waals surface area contributed by atoms with E-state index in [0.29, 0.717) is 31.2 Å². The Labute approximate surface area is 133 Å². The second-order valence-corrected chi connectivity index (χ2v) is 5.68. The molecule has 0 saturated heterocycles. The van der Waals surface area contributed by atoms with Crippen LogP contribution in [0.25, 0.3) is 0 Å². The highest BCUT2D eigenvalue weighted by Gasteiger charge is 2.20. The zero-order valence-corrected chi connectivity index (χ0v) is 13.9. The average Bonchev–Trinajstić information content (AvgIpc) is 3.21. The fraction of sp³-hybridized carbons (Fsp3) is 0.571. The smallest absolute Gasteiger partial charge is 0.318 e. The van der Waals surface area contributed by atoms with Gasteiger partial charge >= 0.3 is 6.03 Å². The Morgan fingerprint density at radius 2 is 2.27 bits per heavy atom. The molecule has 22 heavy (non-hydrogen) atoms. The molecule has 2 aromatic rings. The normalized spacial score (nSPS) is 12.1. The van der Waals surface area contributed by atoms with Gasteiger partial charge in [0.25, 0.3) is 0 Å². The summed E-state index contributed by atoms with van der Waals surface area (Å²) in [6.07, 6.45) is 3.25. The van der Waals surface area contributed by atoms with Crippen molar-refractivity contribution in [2.75, 3.05) is 6.54 Å². The van der Waals surface area contributed by atoms with Gasteiger partial charge in [-0.25, -0.2) is 9.78 Å². The van der Waals surface area contributed by atoms with Crippen molar-refractivity contribution < 1.29 is 9.32 Å². The summed E-state index contributed by atoms with van der Waals surface area (Å²) in [5.74, 6) is 1.11. The number of aryl methyl sites for hydroxylation is 1. The highest BCUT2D eigenvalue weighted by molar-refractivity contribution is 7.09. The number of carbonyl (C=O) groups is 1. The number of thiazole rings is 1. The van der Waals surface area contributed by atoms with Gasteiger partial charge < -0.3 is 14.7 Å². The third-order valence-corrected chi connectivity index (χ3v) is 4.17. The molecule has 0 saturated carbocycles. The van der Waals surface area contributed by atoms with Gasteiger partial charge in [-0.2, -0.15) is 4.98 Å². The molecule has 0 fully saturated rings. The quantitative estimate of drug-likeness (QED) is 0.847. The molecule has 0 aliphatic carbocycles. The molecule has 2 heterocycles. The number of carbonyl (C=O) groups excluding carboxylic acids is 1. The van der Waals surface area contributed by atoms with E-state index in [1.807, 2.05) is 26.2 Å². The molecule has 7 nitrogen and oxygen atoms in total. The lowest BCUT2D eigenvalue weighted by Gasteiger charge is -2.23. The predicted octanol–water partition coefficient (Wildman–Crippen LogP) is 2.77. The standard InChI is InChI=1S/C14H21N5O2S/c1-4-10(13-15-7-8-22-13)16-14(20)19(6-3)9-12-17-11(5-2)18-21-12/h7-8,10H,4-6,9H2,1-3H3,(H,16,20)/t10-/m1/s1. The first-order valence-electron chi connectivity index (χ1n) is 7.44. The molecule has 0 unspecified atom stereocenters. The Bertz CT molecular complexity index is 584. The Morgan fingerprint density at radius 3 is 2.82 bits per heavy atom. The van der Waals surface area contributed by atoms with Crippen LogP contribution in [0.5, 0.6) is 0 Å². The van der Waals surface area contributed by atoms with Crippen LogP contribution in [0.2, 0.25) is 0 Å². The summed E-state index contributed by atoms with van der Waals surface area (Å²) in [7, 11) is 0. The van der Waals surface area contributed by atoms with Crippen molar-refractivity contribution >= 4 is 17.4 Å². The van der Waals surface area contributed by atoms with Gasteiger partial charge in [-0.15, -0.1) is 11.3 Å². The number of amides is 2. The largest absolute Gasteiger partial charge is 0.337 e. The van der Waals surface area contributed by atoms with Crippen LogP contribution in [0.3, 0.4) is 0 Å². The lowest BCUT2D eigenvalue weighted by Crippen LogP contribution is -2.41. The molecule has 0 radical (unpaired) electrons. The van der Waals surface area contributed by atoms with Crippen LogP contribution in [-0.4, -0.2) is 32.6 Å².